The van der Waals surface area contributed by atoms with E-state index < -0.39 is 32.4 Å². The van der Waals surface area contributed by atoms with Gasteiger partial charge in [-0.1, -0.05) is 18.2 Å². The van der Waals surface area contributed by atoms with Crippen molar-refractivity contribution >= 4 is 40.4 Å². The lowest BCUT2D eigenvalue weighted by molar-refractivity contribution is -0.394. The molecule has 0 N–H and O–H groups in total. The Labute approximate surface area is 238 Å². The van der Waals surface area contributed by atoms with Crippen molar-refractivity contribution in [3.8, 4) is 23.0 Å². The number of ether oxygens (including phenoxy) is 3. The smallest absolute Gasteiger partial charge is 0.318 e. The molecular weight excluding hydrogens is 554 g/mol. The van der Waals surface area contributed by atoms with Crippen LogP contribution in [0.5, 0.6) is 23.0 Å². The minimum atomic E-state index is -0.778. The first-order chi connectivity index (χ1) is 19.6. The van der Waals surface area contributed by atoms with Crippen LogP contribution in [-0.4, -0.2) is 45.7 Å². The fourth-order valence-corrected chi connectivity index (χ4v) is 4.75. The van der Waals surface area contributed by atoms with E-state index in [-0.39, 0.29) is 41.9 Å². The highest BCUT2D eigenvalue weighted by molar-refractivity contribution is 8.18. The number of hydrogen-bond donors (Lipinski definition) is 0. The van der Waals surface area contributed by atoms with Gasteiger partial charge in [-0.15, -0.1) is 0 Å². The van der Waals surface area contributed by atoms with Crippen LogP contribution < -0.4 is 14.2 Å². The van der Waals surface area contributed by atoms with Gasteiger partial charge in [0.1, 0.15) is 12.4 Å². The average Bonchev–Trinajstić information content (AvgIpc) is 3.19. The van der Waals surface area contributed by atoms with Crippen LogP contribution in [0.3, 0.4) is 0 Å². The monoisotopic (exact) mass is 579 g/mol. The second-order valence-electron chi connectivity index (χ2n) is 8.86. The standard InChI is InChI=1S/C28H25N3O9S/c1-4-38-25-14-19(7-9-23(25)40-22-10-8-20(30(34)35)16-21(22)31(36)37)15-26-27(32)29(28(33)41-26)11-12-39-24-13-17(2)5-6-18(24)3/h5-10,13-16H,4,11-12H2,1-3H3/b26-15-. The fourth-order valence-electron chi connectivity index (χ4n) is 3.89. The van der Waals surface area contributed by atoms with Crippen molar-refractivity contribution in [2.24, 2.45) is 0 Å². The first kappa shape index (κ1) is 29.1. The minimum absolute atomic E-state index is 0.0837. The summed E-state index contributed by atoms with van der Waals surface area (Å²) in [5.74, 6) is 0.368. The van der Waals surface area contributed by atoms with Crippen molar-refractivity contribution in [2.75, 3.05) is 19.8 Å². The lowest BCUT2D eigenvalue weighted by Gasteiger charge is -2.14. The molecule has 2 amide bonds. The maximum absolute atomic E-state index is 13.0. The van der Waals surface area contributed by atoms with Crippen molar-refractivity contribution in [1.29, 1.82) is 0 Å². The third-order valence-electron chi connectivity index (χ3n) is 5.93. The molecule has 3 aromatic rings. The first-order valence-corrected chi connectivity index (χ1v) is 13.2. The maximum Gasteiger partial charge on any atom is 0.318 e. The molecule has 212 valence electrons. The molecule has 12 nitrogen and oxygen atoms in total. The van der Waals surface area contributed by atoms with E-state index in [0.29, 0.717) is 11.3 Å². The van der Waals surface area contributed by atoms with Crippen molar-refractivity contribution in [1.82, 2.24) is 4.90 Å². The molecule has 0 saturated carbocycles. The van der Waals surface area contributed by atoms with Gasteiger partial charge in [0.2, 0.25) is 5.75 Å². The number of non-ortho nitro benzene ring substituents is 1. The van der Waals surface area contributed by atoms with E-state index >= 15 is 0 Å². The van der Waals surface area contributed by atoms with Gasteiger partial charge in [-0.05, 0) is 79.6 Å². The molecule has 1 fully saturated rings. The SMILES string of the molecule is CCOc1cc(/C=C2\SC(=O)N(CCOc3cc(C)ccc3C)C2=O)ccc1Oc1ccc([N+](=O)[O-])cc1[N+](=O)[O-]. The molecule has 1 aliphatic rings. The van der Waals surface area contributed by atoms with Crippen LogP contribution in [0.4, 0.5) is 16.2 Å². The van der Waals surface area contributed by atoms with E-state index in [9.17, 15) is 29.8 Å². The Morgan fingerprint density at radius 3 is 2.34 bits per heavy atom. The zero-order valence-corrected chi connectivity index (χ0v) is 23.1. The van der Waals surface area contributed by atoms with E-state index in [0.717, 1.165) is 46.0 Å². The summed E-state index contributed by atoms with van der Waals surface area (Å²) in [6, 6.07) is 13.5. The number of aryl methyl sites for hydroxylation is 2. The zero-order chi connectivity index (χ0) is 29.7. The molecule has 1 heterocycles. The Balaban J connectivity index is 1.51. The summed E-state index contributed by atoms with van der Waals surface area (Å²) in [7, 11) is 0. The number of amides is 2. The molecule has 0 aliphatic carbocycles. The van der Waals surface area contributed by atoms with Crippen molar-refractivity contribution in [2.45, 2.75) is 20.8 Å². The van der Waals surface area contributed by atoms with Crippen LogP contribution in [0.25, 0.3) is 6.08 Å². The summed E-state index contributed by atoms with van der Waals surface area (Å²) in [4.78, 5) is 47.9. The predicted molar refractivity (Wildman–Crippen MR) is 152 cm³/mol. The summed E-state index contributed by atoms with van der Waals surface area (Å²) >= 11 is 0.804. The summed E-state index contributed by atoms with van der Waals surface area (Å²) in [5, 5.41) is 22.1. The number of nitro benzene ring substituents is 2. The molecule has 41 heavy (non-hydrogen) atoms. The lowest BCUT2D eigenvalue weighted by atomic mass is 10.1. The third kappa shape index (κ3) is 6.81. The molecule has 13 heteroatoms. The van der Waals surface area contributed by atoms with Gasteiger partial charge < -0.3 is 14.2 Å². The average molecular weight is 580 g/mol. The van der Waals surface area contributed by atoms with Gasteiger partial charge in [0, 0.05) is 6.07 Å². The number of benzene rings is 3. The second kappa shape index (κ2) is 12.5. The number of rotatable bonds is 11. The number of hydrogen-bond acceptors (Lipinski definition) is 10. The van der Waals surface area contributed by atoms with Gasteiger partial charge in [-0.3, -0.25) is 34.7 Å². The molecule has 0 bridgehead atoms. The number of carbonyl (C=O) groups excluding carboxylic acids is 2. The van der Waals surface area contributed by atoms with Gasteiger partial charge in [-0.2, -0.15) is 0 Å². The number of nitrogens with zero attached hydrogens (tertiary/aromatic N) is 3. The minimum Gasteiger partial charge on any atom is -0.491 e. The molecule has 0 unspecified atom stereocenters. The van der Waals surface area contributed by atoms with Crippen LogP contribution in [0.1, 0.15) is 23.6 Å². The Hall–Kier alpha value is -4.91. The van der Waals surface area contributed by atoms with Gasteiger partial charge in [0.15, 0.2) is 11.5 Å². The summed E-state index contributed by atoms with van der Waals surface area (Å²) in [5.41, 5.74) is 1.48. The molecule has 1 saturated heterocycles. The highest BCUT2D eigenvalue weighted by Gasteiger charge is 2.35. The second-order valence-corrected chi connectivity index (χ2v) is 9.85. The van der Waals surface area contributed by atoms with Crippen molar-refractivity contribution < 1.29 is 33.6 Å². The molecule has 0 spiro atoms. The summed E-state index contributed by atoms with van der Waals surface area (Å²) in [6.07, 6.45) is 1.54. The molecule has 4 rings (SSSR count). The molecule has 0 aromatic heterocycles. The van der Waals surface area contributed by atoms with E-state index in [4.69, 9.17) is 14.2 Å². The number of nitro groups is 2. The quantitative estimate of drug-likeness (QED) is 0.141. The normalized spacial score (nSPS) is 13.9. The Morgan fingerprint density at radius 1 is 0.878 bits per heavy atom. The lowest BCUT2D eigenvalue weighted by Crippen LogP contribution is -2.32. The maximum atomic E-state index is 13.0. The zero-order valence-electron chi connectivity index (χ0n) is 22.3. The van der Waals surface area contributed by atoms with E-state index in [1.54, 1.807) is 19.1 Å². The van der Waals surface area contributed by atoms with Crippen molar-refractivity contribution in [3.63, 3.8) is 0 Å². The van der Waals surface area contributed by atoms with E-state index in [1.807, 2.05) is 32.0 Å². The van der Waals surface area contributed by atoms with Crippen LogP contribution in [0.15, 0.2) is 59.5 Å². The van der Waals surface area contributed by atoms with Crippen molar-refractivity contribution in [3.05, 3.63) is 96.4 Å². The summed E-state index contributed by atoms with van der Waals surface area (Å²) in [6.45, 7) is 6.06. The predicted octanol–water partition coefficient (Wildman–Crippen LogP) is 6.43. The molecule has 1 aliphatic heterocycles. The molecule has 0 radical (unpaired) electrons. The Kier molecular flexibility index (Phi) is 8.87. The highest BCUT2D eigenvalue weighted by Crippen LogP contribution is 2.39. The molecular formula is C28H25N3O9S. The van der Waals surface area contributed by atoms with Crippen LogP contribution >= 0.6 is 11.8 Å². The van der Waals surface area contributed by atoms with Crippen LogP contribution in [0, 0.1) is 34.1 Å². The largest absolute Gasteiger partial charge is 0.491 e. The number of imide groups is 1. The number of thioether (sulfide) groups is 1. The van der Waals surface area contributed by atoms with Crippen LogP contribution in [-0.2, 0) is 4.79 Å². The highest BCUT2D eigenvalue weighted by atomic mass is 32.2. The van der Waals surface area contributed by atoms with E-state index in [2.05, 4.69) is 0 Å². The van der Waals surface area contributed by atoms with Gasteiger partial charge in [0.25, 0.3) is 16.8 Å². The molecule has 0 atom stereocenters. The fraction of sp³-hybridized carbons (Fsp3) is 0.214. The molecule has 3 aromatic carbocycles. The topological polar surface area (TPSA) is 151 Å². The van der Waals surface area contributed by atoms with Gasteiger partial charge in [-0.25, -0.2) is 0 Å². The van der Waals surface area contributed by atoms with Gasteiger partial charge in [0.05, 0.1) is 34.0 Å². The summed E-state index contributed by atoms with van der Waals surface area (Å²) < 4.78 is 17.1. The first-order valence-electron chi connectivity index (χ1n) is 12.4. The van der Waals surface area contributed by atoms with E-state index in [1.165, 1.54) is 12.1 Å². The van der Waals surface area contributed by atoms with Crippen LogP contribution in [0.2, 0.25) is 0 Å². The number of carbonyl (C=O) groups is 2. The Morgan fingerprint density at radius 2 is 1.63 bits per heavy atom. The Bertz CT molecular complexity index is 1570. The van der Waals surface area contributed by atoms with Gasteiger partial charge >= 0.3 is 5.69 Å². The third-order valence-corrected chi connectivity index (χ3v) is 6.83.